The van der Waals surface area contributed by atoms with E-state index < -0.39 is 0 Å². The third-order valence-corrected chi connectivity index (χ3v) is 4.02. The number of hydrogen-bond donors (Lipinski definition) is 3. The zero-order valence-electron chi connectivity index (χ0n) is 12.1. The molecule has 1 saturated carbocycles. The Kier molecular flexibility index (Phi) is 2.89. The number of nitrogens with two attached hydrogens (primary N) is 1. The molecule has 0 unspecified atom stereocenters. The minimum absolute atomic E-state index is 0.0430. The molecule has 1 fully saturated rings. The molecule has 1 aromatic heterocycles. The molecule has 22 heavy (non-hydrogen) atoms. The number of nitrogen functional groups attached to an aromatic ring is 1. The van der Waals surface area contributed by atoms with Crippen LogP contribution in [0.25, 0.3) is 22.2 Å². The summed E-state index contributed by atoms with van der Waals surface area (Å²) in [5.41, 5.74) is 10.3. The lowest BCUT2D eigenvalue weighted by Gasteiger charge is -2.05. The van der Waals surface area contributed by atoms with Crippen LogP contribution in [0.4, 0.5) is 5.69 Å². The molecular formula is C18H17N3O. The molecule has 0 aliphatic heterocycles. The molecule has 1 aliphatic carbocycles. The van der Waals surface area contributed by atoms with Gasteiger partial charge in [0, 0.05) is 22.7 Å². The van der Waals surface area contributed by atoms with Crippen LogP contribution in [0.1, 0.15) is 23.2 Å². The van der Waals surface area contributed by atoms with Gasteiger partial charge in [-0.1, -0.05) is 30.3 Å². The first kappa shape index (κ1) is 13.0. The van der Waals surface area contributed by atoms with Crippen molar-refractivity contribution < 1.29 is 4.79 Å². The Labute approximate surface area is 128 Å². The van der Waals surface area contributed by atoms with Gasteiger partial charge in [0.2, 0.25) is 0 Å². The number of aromatic amines is 1. The molecule has 4 nitrogen and oxygen atoms in total. The summed E-state index contributed by atoms with van der Waals surface area (Å²) in [6.45, 7) is 0. The van der Waals surface area contributed by atoms with Crippen LogP contribution in [-0.2, 0) is 0 Å². The van der Waals surface area contributed by atoms with E-state index in [9.17, 15) is 4.79 Å². The van der Waals surface area contributed by atoms with Crippen LogP contribution in [0.15, 0.2) is 48.5 Å². The van der Waals surface area contributed by atoms with Crippen LogP contribution in [-0.4, -0.2) is 16.9 Å². The van der Waals surface area contributed by atoms with Crippen molar-refractivity contribution in [2.45, 2.75) is 18.9 Å². The average Bonchev–Trinajstić information content (AvgIpc) is 3.23. The second-order valence-corrected chi connectivity index (χ2v) is 5.83. The number of benzene rings is 2. The summed E-state index contributed by atoms with van der Waals surface area (Å²) in [5, 5.41) is 3.95. The molecular weight excluding hydrogens is 274 g/mol. The zero-order chi connectivity index (χ0) is 15.1. The van der Waals surface area contributed by atoms with E-state index in [4.69, 9.17) is 5.73 Å². The third kappa shape index (κ3) is 2.33. The zero-order valence-corrected chi connectivity index (χ0v) is 12.1. The van der Waals surface area contributed by atoms with Gasteiger partial charge in [-0.25, -0.2) is 0 Å². The average molecular weight is 291 g/mol. The number of anilines is 1. The van der Waals surface area contributed by atoms with Gasteiger partial charge >= 0.3 is 0 Å². The quantitative estimate of drug-likeness (QED) is 0.648. The van der Waals surface area contributed by atoms with Gasteiger partial charge in [-0.3, -0.25) is 4.79 Å². The largest absolute Gasteiger partial charge is 0.397 e. The minimum Gasteiger partial charge on any atom is -0.397 e. The number of carbonyl (C=O) groups excluding carboxylic acids is 1. The van der Waals surface area contributed by atoms with E-state index in [1.165, 1.54) is 0 Å². The van der Waals surface area contributed by atoms with Crippen molar-refractivity contribution in [2.75, 3.05) is 5.73 Å². The first-order chi connectivity index (χ1) is 10.7. The van der Waals surface area contributed by atoms with E-state index in [0.29, 0.717) is 17.3 Å². The number of amides is 1. The Morgan fingerprint density at radius 2 is 1.91 bits per heavy atom. The highest BCUT2D eigenvalue weighted by molar-refractivity contribution is 6.03. The molecule has 1 heterocycles. The van der Waals surface area contributed by atoms with Gasteiger partial charge in [0.25, 0.3) is 5.91 Å². The van der Waals surface area contributed by atoms with E-state index in [1.807, 2.05) is 42.5 Å². The number of hydrogen-bond acceptors (Lipinski definition) is 2. The molecule has 0 radical (unpaired) electrons. The van der Waals surface area contributed by atoms with E-state index in [2.05, 4.69) is 10.3 Å². The van der Waals surface area contributed by atoms with Crippen molar-refractivity contribution in [3.63, 3.8) is 0 Å². The summed E-state index contributed by atoms with van der Waals surface area (Å²) in [7, 11) is 0. The molecule has 0 spiro atoms. The highest BCUT2D eigenvalue weighted by atomic mass is 16.1. The SMILES string of the molecule is Nc1cc(C(=O)NC2CC2)cc2cc(-c3ccccc3)[nH]c12. The van der Waals surface area contributed by atoms with Crippen molar-refractivity contribution >= 4 is 22.5 Å². The second-order valence-electron chi connectivity index (χ2n) is 5.83. The van der Waals surface area contributed by atoms with Crippen molar-refractivity contribution in [3.8, 4) is 11.3 Å². The van der Waals surface area contributed by atoms with Crippen molar-refractivity contribution in [2.24, 2.45) is 0 Å². The fourth-order valence-electron chi connectivity index (χ4n) is 2.67. The fraction of sp³-hybridized carbons (Fsp3) is 0.167. The van der Waals surface area contributed by atoms with Gasteiger partial charge in [-0.15, -0.1) is 0 Å². The number of H-pyrrole nitrogens is 1. The standard InChI is InChI=1S/C18H17N3O/c19-15-9-13(18(22)20-14-6-7-14)8-12-10-16(21-17(12)15)11-4-2-1-3-5-11/h1-5,8-10,14,21H,6-7,19H2,(H,20,22). The van der Waals surface area contributed by atoms with Crippen LogP contribution in [0.2, 0.25) is 0 Å². The second kappa shape index (κ2) is 4.91. The number of fused-ring (bicyclic) bond motifs is 1. The highest BCUT2D eigenvalue weighted by Crippen LogP contribution is 2.29. The maximum Gasteiger partial charge on any atom is 0.251 e. The minimum atomic E-state index is -0.0430. The normalized spacial score (nSPS) is 14.2. The highest BCUT2D eigenvalue weighted by Gasteiger charge is 2.24. The molecule has 1 aliphatic rings. The Hall–Kier alpha value is -2.75. The van der Waals surface area contributed by atoms with Crippen LogP contribution in [0, 0.1) is 0 Å². The summed E-state index contributed by atoms with van der Waals surface area (Å²) in [6.07, 6.45) is 2.15. The predicted octanol–water partition coefficient (Wildman–Crippen LogP) is 3.31. The molecule has 2 aromatic carbocycles. The van der Waals surface area contributed by atoms with Crippen LogP contribution in [0.3, 0.4) is 0 Å². The first-order valence-electron chi connectivity index (χ1n) is 7.49. The lowest BCUT2D eigenvalue weighted by Crippen LogP contribution is -2.25. The Bertz CT molecular complexity index is 847. The maximum atomic E-state index is 12.2. The van der Waals surface area contributed by atoms with Gasteiger partial charge in [0.15, 0.2) is 0 Å². The Balaban J connectivity index is 1.75. The Morgan fingerprint density at radius 3 is 2.64 bits per heavy atom. The topological polar surface area (TPSA) is 70.9 Å². The van der Waals surface area contributed by atoms with E-state index in [1.54, 1.807) is 6.07 Å². The van der Waals surface area contributed by atoms with Crippen LogP contribution in [0.5, 0.6) is 0 Å². The smallest absolute Gasteiger partial charge is 0.251 e. The Morgan fingerprint density at radius 1 is 1.14 bits per heavy atom. The monoisotopic (exact) mass is 291 g/mol. The molecule has 3 aromatic rings. The summed E-state index contributed by atoms with van der Waals surface area (Å²) in [5.74, 6) is -0.0430. The summed E-state index contributed by atoms with van der Waals surface area (Å²) < 4.78 is 0. The van der Waals surface area contributed by atoms with Crippen LogP contribution < -0.4 is 11.1 Å². The van der Waals surface area contributed by atoms with Crippen molar-refractivity contribution in [1.82, 2.24) is 10.3 Å². The summed E-state index contributed by atoms with van der Waals surface area (Å²) in [6, 6.07) is 16.1. The molecule has 0 saturated heterocycles. The van der Waals surface area contributed by atoms with Gasteiger partial charge < -0.3 is 16.0 Å². The van der Waals surface area contributed by atoms with E-state index in [0.717, 1.165) is 35.0 Å². The number of rotatable bonds is 3. The molecule has 4 N–H and O–H groups in total. The third-order valence-electron chi connectivity index (χ3n) is 4.02. The number of nitrogens with one attached hydrogen (secondary N) is 2. The molecule has 0 atom stereocenters. The lowest BCUT2D eigenvalue weighted by atomic mass is 10.1. The lowest BCUT2D eigenvalue weighted by molar-refractivity contribution is 0.0951. The molecule has 0 bridgehead atoms. The van der Waals surface area contributed by atoms with Crippen molar-refractivity contribution in [3.05, 3.63) is 54.1 Å². The number of aromatic nitrogens is 1. The fourth-order valence-corrected chi connectivity index (χ4v) is 2.67. The van der Waals surface area contributed by atoms with Gasteiger partial charge in [-0.2, -0.15) is 0 Å². The predicted molar refractivity (Wildman–Crippen MR) is 88.6 cm³/mol. The molecule has 1 amide bonds. The first-order valence-corrected chi connectivity index (χ1v) is 7.49. The summed E-state index contributed by atoms with van der Waals surface area (Å²) in [4.78, 5) is 15.5. The van der Waals surface area contributed by atoms with E-state index in [-0.39, 0.29) is 5.91 Å². The molecule has 110 valence electrons. The molecule has 4 heteroatoms. The molecule has 4 rings (SSSR count). The van der Waals surface area contributed by atoms with Gasteiger partial charge in [0.1, 0.15) is 0 Å². The summed E-state index contributed by atoms with van der Waals surface area (Å²) >= 11 is 0. The van der Waals surface area contributed by atoms with Crippen LogP contribution >= 0.6 is 0 Å². The van der Waals surface area contributed by atoms with Gasteiger partial charge in [-0.05, 0) is 36.6 Å². The maximum absolute atomic E-state index is 12.2. The van der Waals surface area contributed by atoms with Gasteiger partial charge in [0.05, 0.1) is 11.2 Å². The van der Waals surface area contributed by atoms with Crippen molar-refractivity contribution in [1.29, 1.82) is 0 Å². The van der Waals surface area contributed by atoms with E-state index >= 15 is 0 Å². The number of carbonyl (C=O) groups is 1.